The van der Waals surface area contributed by atoms with E-state index in [0.717, 1.165) is 29.7 Å². The molecule has 1 aromatic carbocycles. The Kier molecular flexibility index (Phi) is 8.10. The Morgan fingerprint density at radius 2 is 1.78 bits per heavy atom. The van der Waals surface area contributed by atoms with Gasteiger partial charge in [-0.3, -0.25) is 9.59 Å². The van der Waals surface area contributed by atoms with Crippen molar-refractivity contribution in [1.82, 2.24) is 9.80 Å². The SMILES string of the molecule is CC(CC(=O)N(CC(=O)N(Cc1ccc(F)cc1)Cc1cccs1)C1CC1)CC(C)(C)C. The summed E-state index contributed by atoms with van der Waals surface area (Å²) in [5, 5.41) is 1.99. The molecule has 1 aliphatic carbocycles. The fraction of sp³-hybridized carbons (Fsp3) is 0.538. The predicted octanol–water partition coefficient (Wildman–Crippen LogP) is 5.87. The van der Waals surface area contributed by atoms with Gasteiger partial charge in [0.05, 0.1) is 6.54 Å². The lowest BCUT2D eigenvalue weighted by molar-refractivity contribution is -0.142. The Morgan fingerprint density at radius 1 is 1.09 bits per heavy atom. The summed E-state index contributed by atoms with van der Waals surface area (Å²) < 4.78 is 13.3. The van der Waals surface area contributed by atoms with Crippen LogP contribution in [0.4, 0.5) is 4.39 Å². The van der Waals surface area contributed by atoms with Gasteiger partial charge < -0.3 is 9.80 Å². The van der Waals surface area contributed by atoms with Gasteiger partial charge in [0, 0.05) is 23.9 Å². The molecule has 6 heteroatoms. The van der Waals surface area contributed by atoms with Crippen LogP contribution in [0.5, 0.6) is 0 Å². The van der Waals surface area contributed by atoms with Crippen LogP contribution >= 0.6 is 11.3 Å². The summed E-state index contributed by atoms with van der Waals surface area (Å²) in [5.41, 5.74) is 1.05. The van der Waals surface area contributed by atoms with Crippen LogP contribution in [0.25, 0.3) is 0 Å². The maximum atomic E-state index is 13.4. The number of hydrogen-bond donors (Lipinski definition) is 0. The molecule has 0 bridgehead atoms. The Morgan fingerprint density at radius 3 is 2.34 bits per heavy atom. The highest BCUT2D eigenvalue weighted by Crippen LogP contribution is 2.31. The van der Waals surface area contributed by atoms with Crippen molar-refractivity contribution in [3.8, 4) is 0 Å². The van der Waals surface area contributed by atoms with Crippen molar-refractivity contribution in [2.24, 2.45) is 11.3 Å². The molecular weight excluding hydrogens is 423 g/mol. The summed E-state index contributed by atoms with van der Waals surface area (Å²) in [6, 6.07) is 10.4. The molecule has 1 heterocycles. The molecule has 1 aromatic heterocycles. The van der Waals surface area contributed by atoms with Gasteiger partial charge in [-0.15, -0.1) is 11.3 Å². The first-order valence-electron chi connectivity index (χ1n) is 11.4. The van der Waals surface area contributed by atoms with E-state index in [2.05, 4.69) is 27.7 Å². The highest BCUT2D eigenvalue weighted by Gasteiger charge is 2.35. The molecule has 0 aliphatic heterocycles. The third-order valence-electron chi connectivity index (χ3n) is 5.66. The molecule has 32 heavy (non-hydrogen) atoms. The highest BCUT2D eigenvalue weighted by atomic mass is 32.1. The van der Waals surface area contributed by atoms with Gasteiger partial charge in [0.15, 0.2) is 0 Å². The second-order valence-corrected chi connectivity index (χ2v) is 11.3. The second-order valence-electron chi connectivity index (χ2n) is 10.3. The van der Waals surface area contributed by atoms with Crippen LogP contribution in [0.3, 0.4) is 0 Å². The van der Waals surface area contributed by atoms with Crippen LogP contribution in [0.15, 0.2) is 41.8 Å². The molecule has 3 rings (SSSR count). The van der Waals surface area contributed by atoms with Crippen LogP contribution in [0, 0.1) is 17.2 Å². The average Bonchev–Trinajstić information content (AvgIpc) is 3.41. The van der Waals surface area contributed by atoms with Crippen molar-refractivity contribution in [2.45, 2.75) is 72.5 Å². The number of thiophene rings is 1. The summed E-state index contributed by atoms with van der Waals surface area (Å²) in [4.78, 5) is 31.1. The number of carbonyl (C=O) groups excluding carboxylic acids is 2. The first kappa shape index (κ1) is 24.4. The minimum absolute atomic E-state index is 0.0635. The number of carbonyl (C=O) groups is 2. The summed E-state index contributed by atoms with van der Waals surface area (Å²) in [7, 11) is 0. The molecule has 0 saturated heterocycles. The summed E-state index contributed by atoms with van der Waals surface area (Å²) >= 11 is 1.60. The van der Waals surface area contributed by atoms with Crippen molar-refractivity contribution in [2.75, 3.05) is 6.54 Å². The second kappa shape index (κ2) is 10.6. The molecule has 1 atom stereocenters. The molecule has 1 aliphatic rings. The molecule has 2 aromatic rings. The summed E-state index contributed by atoms with van der Waals surface area (Å²) in [5.74, 6) is 0.00181. The van der Waals surface area contributed by atoms with Gasteiger partial charge in [0.1, 0.15) is 12.4 Å². The first-order valence-corrected chi connectivity index (χ1v) is 12.3. The van der Waals surface area contributed by atoms with Crippen molar-refractivity contribution in [3.63, 3.8) is 0 Å². The Bertz CT molecular complexity index is 886. The standard InChI is InChI=1S/C26H35FN2O2S/c1-19(15-26(2,3)4)14-24(30)29(22-11-12-22)18-25(31)28(17-23-6-5-13-32-23)16-20-7-9-21(27)10-8-20/h5-10,13,19,22H,11-12,14-18H2,1-4H3. The molecule has 1 saturated carbocycles. The molecule has 1 unspecified atom stereocenters. The Hall–Kier alpha value is -2.21. The van der Waals surface area contributed by atoms with Crippen LogP contribution in [-0.2, 0) is 22.7 Å². The van der Waals surface area contributed by atoms with Crippen LogP contribution < -0.4 is 0 Å². The van der Waals surface area contributed by atoms with E-state index in [1.807, 2.05) is 17.5 Å². The molecule has 0 radical (unpaired) electrons. The van der Waals surface area contributed by atoms with Gasteiger partial charge in [-0.05, 0) is 59.7 Å². The average molecular weight is 459 g/mol. The van der Waals surface area contributed by atoms with E-state index in [1.54, 1.807) is 33.3 Å². The van der Waals surface area contributed by atoms with Gasteiger partial charge in [-0.25, -0.2) is 4.39 Å². The van der Waals surface area contributed by atoms with Gasteiger partial charge in [0.2, 0.25) is 11.8 Å². The molecule has 2 amide bonds. The van der Waals surface area contributed by atoms with Crippen molar-refractivity contribution < 1.29 is 14.0 Å². The monoisotopic (exact) mass is 458 g/mol. The number of halogens is 1. The first-order chi connectivity index (χ1) is 15.1. The largest absolute Gasteiger partial charge is 0.332 e. The summed E-state index contributed by atoms with van der Waals surface area (Å²) in [6.45, 7) is 9.67. The van der Waals surface area contributed by atoms with Gasteiger partial charge in [0.25, 0.3) is 0 Å². The Balaban J connectivity index is 1.69. The van der Waals surface area contributed by atoms with Crippen LogP contribution in [0.2, 0.25) is 0 Å². The molecule has 0 spiro atoms. The quantitative estimate of drug-likeness (QED) is 0.447. The smallest absolute Gasteiger partial charge is 0.242 e. The normalized spacial score (nSPS) is 14.8. The molecule has 174 valence electrons. The van der Waals surface area contributed by atoms with Gasteiger partial charge in [-0.2, -0.15) is 0 Å². The fourth-order valence-corrected chi connectivity index (χ4v) is 4.94. The van der Waals surface area contributed by atoms with Gasteiger partial charge >= 0.3 is 0 Å². The van der Waals surface area contributed by atoms with E-state index < -0.39 is 0 Å². The van der Waals surface area contributed by atoms with Gasteiger partial charge in [-0.1, -0.05) is 45.9 Å². The third-order valence-corrected chi connectivity index (χ3v) is 6.52. The van der Waals surface area contributed by atoms with E-state index in [-0.39, 0.29) is 41.6 Å². The highest BCUT2D eigenvalue weighted by molar-refractivity contribution is 7.09. The zero-order valence-corrected chi connectivity index (χ0v) is 20.5. The number of hydrogen-bond acceptors (Lipinski definition) is 3. The zero-order chi connectivity index (χ0) is 23.3. The Labute approximate surface area is 195 Å². The van der Waals surface area contributed by atoms with Crippen LogP contribution in [0.1, 0.15) is 63.8 Å². The molecule has 4 nitrogen and oxygen atoms in total. The van der Waals surface area contributed by atoms with Crippen molar-refractivity contribution >= 4 is 23.2 Å². The zero-order valence-electron chi connectivity index (χ0n) is 19.6. The summed E-state index contributed by atoms with van der Waals surface area (Å²) in [6.07, 6.45) is 3.38. The maximum absolute atomic E-state index is 13.4. The third kappa shape index (κ3) is 7.73. The van der Waals surface area contributed by atoms with Crippen LogP contribution in [-0.4, -0.2) is 34.2 Å². The lowest BCUT2D eigenvalue weighted by Crippen LogP contribution is -2.44. The van der Waals surface area contributed by atoms with E-state index >= 15 is 0 Å². The van der Waals surface area contributed by atoms with E-state index in [1.165, 1.54) is 12.1 Å². The number of benzene rings is 1. The van der Waals surface area contributed by atoms with Crippen molar-refractivity contribution in [1.29, 1.82) is 0 Å². The number of nitrogens with zero attached hydrogens (tertiary/aromatic N) is 2. The molecular formula is C26H35FN2O2S. The van der Waals surface area contributed by atoms with E-state index in [4.69, 9.17) is 0 Å². The minimum Gasteiger partial charge on any atom is -0.332 e. The molecule has 0 N–H and O–H groups in total. The minimum atomic E-state index is -0.292. The fourth-order valence-electron chi connectivity index (χ4n) is 4.22. The number of amides is 2. The van der Waals surface area contributed by atoms with E-state index in [9.17, 15) is 14.0 Å². The predicted molar refractivity (Wildman–Crippen MR) is 128 cm³/mol. The maximum Gasteiger partial charge on any atom is 0.242 e. The number of rotatable bonds is 10. The molecule has 1 fully saturated rings. The topological polar surface area (TPSA) is 40.6 Å². The lowest BCUT2D eigenvalue weighted by Gasteiger charge is -2.29. The van der Waals surface area contributed by atoms with Crippen molar-refractivity contribution in [3.05, 3.63) is 58.0 Å². The van der Waals surface area contributed by atoms with E-state index in [0.29, 0.717) is 19.5 Å². The lowest BCUT2D eigenvalue weighted by atomic mass is 9.84.